The second kappa shape index (κ2) is 5.38. The molecule has 2 rings (SSSR count). The number of amides is 1. The van der Waals surface area contributed by atoms with Gasteiger partial charge in [-0.15, -0.1) is 0 Å². The average molecular weight is 238 g/mol. The quantitative estimate of drug-likeness (QED) is 0.771. The smallest absolute Gasteiger partial charge is 0.241 e. The molecule has 17 heavy (non-hydrogen) atoms. The van der Waals surface area contributed by atoms with Crippen LogP contribution in [0.3, 0.4) is 0 Å². The largest absolute Gasteiger partial charge is 0.323 e. The van der Waals surface area contributed by atoms with Crippen LogP contribution in [0, 0.1) is 5.92 Å². The van der Waals surface area contributed by atoms with E-state index in [1.807, 2.05) is 0 Å². The Morgan fingerprint density at radius 1 is 1.24 bits per heavy atom. The van der Waals surface area contributed by atoms with Crippen molar-refractivity contribution < 1.29 is 4.79 Å². The maximum absolute atomic E-state index is 12.4. The van der Waals surface area contributed by atoms with E-state index in [1.165, 1.54) is 12.8 Å². The molecule has 0 aromatic carbocycles. The molecule has 98 valence electrons. The molecule has 0 bridgehead atoms. The van der Waals surface area contributed by atoms with E-state index >= 15 is 0 Å². The molecule has 1 N–H and O–H groups in total. The van der Waals surface area contributed by atoms with Crippen LogP contribution >= 0.6 is 0 Å². The lowest BCUT2D eigenvalue weighted by atomic mass is 10.1. The van der Waals surface area contributed by atoms with Crippen molar-refractivity contribution in [2.75, 3.05) is 0 Å². The summed E-state index contributed by atoms with van der Waals surface area (Å²) in [5, 5.41) is 3.54. The molecule has 0 aromatic heterocycles. The zero-order valence-corrected chi connectivity index (χ0v) is 11.4. The lowest BCUT2D eigenvalue weighted by Gasteiger charge is -2.24. The maximum atomic E-state index is 12.4. The molecule has 1 heterocycles. The molecule has 1 saturated carbocycles. The molecule has 2 fully saturated rings. The zero-order valence-electron chi connectivity index (χ0n) is 11.4. The first-order valence-electron chi connectivity index (χ1n) is 7.31. The zero-order chi connectivity index (χ0) is 12.4. The summed E-state index contributed by atoms with van der Waals surface area (Å²) in [5.41, 5.74) is 0. The van der Waals surface area contributed by atoms with Gasteiger partial charge in [0.1, 0.15) is 0 Å². The lowest BCUT2D eigenvalue weighted by molar-refractivity contribution is -0.131. The van der Waals surface area contributed by atoms with Gasteiger partial charge in [0.15, 0.2) is 0 Å². The Bertz CT molecular complexity index is 279. The second-order valence-corrected chi connectivity index (χ2v) is 5.53. The van der Waals surface area contributed by atoms with E-state index in [0.29, 0.717) is 18.1 Å². The van der Waals surface area contributed by atoms with E-state index in [4.69, 9.17) is 0 Å². The summed E-state index contributed by atoms with van der Waals surface area (Å²) >= 11 is 0. The highest BCUT2D eigenvalue weighted by Gasteiger charge is 2.50. The van der Waals surface area contributed by atoms with Crippen molar-refractivity contribution >= 4 is 5.91 Å². The Balaban J connectivity index is 2.02. The van der Waals surface area contributed by atoms with Gasteiger partial charge in [-0.3, -0.25) is 10.1 Å². The Morgan fingerprint density at radius 3 is 2.47 bits per heavy atom. The van der Waals surface area contributed by atoms with E-state index in [2.05, 4.69) is 31.0 Å². The summed E-state index contributed by atoms with van der Waals surface area (Å²) in [5.74, 6) is 1.13. The number of nitrogens with one attached hydrogen (secondary N) is 1. The Hall–Kier alpha value is -0.570. The van der Waals surface area contributed by atoms with Gasteiger partial charge >= 0.3 is 0 Å². The van der Waals surface area contributed by atoms with Crippen molar-refractivity contribution in [1.29, 1.82) is 0 Å². The molecular weight excluding hydrogens is 212 g/mol. The lowest BCUT2D eigenvalue weighted by Crippen LogP contribution is -2.39. The van der Waals surface area contributed by atoms with E-state index in [-0.39, 0.29) is 6.04 Å². The third-order valence-corrected chi connectivity index (χ3v) is 4.19. The van der Waals surface area contributed by atoms with Crippen LogP contribution in [0.15, 0.2) is 0 Å². The molecule has 2 aliphatic rings. The summed E-state index contributed by atoms with van der Waals surface area (Å²) in [6.07, 6.45) is 7.06. The van der Waals surface area contributed by atoms with Gasteiger partial charge < -0.3 is 4.90 Å². The summed E-state index contributed by atoms with van der Waals surface area (Å²) in [6.45, 7) is 6.58. The van der Waals surface area contributed by atoms with Gasteiger partial charge in [-0.05, 0) is 25.2 Å². The van der Waals surface area contributed by atoms with Gasteiger partial charge in [-0.2, -0.15) is 0 Å². The van der Waals surface area contributed by atoms with E-state index in [9.17, 15) is 4.79 Å². The fourth-order valence-corrected chi connectivity index (χ4v) is 3.11. The van der Waals surface area contributed by atoms with E-state index in [0.717, 1.165) is 31.6 Å². The summed E-state index contributed by atoms with van der Waals surface area (Å²) in [4.78, 5) is 14.6. The van der Waals surface area contributed by atoms with Crippen molar-refractivity contribution in [2.45, 2.75) is 77.5 Å². The predicted molar refractivity (Wildman–Crippen MR) is 69.6 cm³/mol. The average Bonchev–Trinajstić information content (AvgIpc) is 3.02. The SMILES string of the molecule is CCCC1NC(CCC)N(C2CC2CC)C1=O. The van der Waals surface area contributed by atoms with Crippen LogP contribution in [0.5, 0.6) is 0 Å². The van der Waals surface area contributed by atoms with Gasteiger partial charge in [0.05, 0.1) is 12.2 Å². The predicted octanol–water partition coefficient (Wildman–Crippen LogP) is 2.51. The number of carbonyl (C=O) groups excluding carboxylic acids is 1. The fourth-order valence-electron chi connectivity index (χ4n) is 3.11. The van der Waals surface area contributed by atoms with Crippen molar-refractivity contribution in [2.24, 2.45) is 5.92 Å². The molecule has 4 unspecified atom stereocenters. The van der Waals surface area contributed by atoms with Gasteiger partial charge in [0.2, 0.25) is 5.91 Å². The van der Waals surface area contributed by atoms with Crippen LogP contribution in [0.1, 0.15) is 59.3 Å². The van der Waals surface area contributed by atoms with Crippen LogP contribution in [0.2, 0.25) is 0 Å². The first kappa shape index (κ1) is 12.9. The molecule has 1 aliphatic carbocycles. The molecule has 3 heteroatoms. The highest BCUT2D eigenvalue weighted by atomic mass is 16.2. The second-order valence-electron chi connectivity index (χ2n) is 5.53. The van der Waals surface area contributed by atoms with Crippen LogP contribution in [0.25, 0.3) is 0 Å². The van der Waals surface area contributed by atoms with Crippen molar-refractivity contribution in [3.63, 3.8) is 0 Å². The highest BCUT2D eigenvalue weighted by Crippen LogP contribution is 2.41. The summed E-state index contributed by atoms with van der Waals surface area (Å²) < 4.78 is 0. The monoisotopic (exact) mass is 238 g/mol. The fraction of sp³-hybridized carbons (Fsp3) is 0.929. The topological polar surface area (TPSA) is 32.3 Å². The highest BCUT2D eigenvalue weighted by molar-refractivity contribution is 5.85. The van der Waals surface area contributed by atoms with Crippen molar-refractivity contribution in [3.05, 3.63) is 0 Å². The Morgan fingerprint density at radius 2 is 1.94 bits per heavy atom. The van der Waals surface area contributed by atoms with Crippen LogP contribution in [-0.2, 0) is 4.79 Å². The molecule has 3 nitrogen and oxygen atoms in total. The third kappa shape index (κ3) is 2.49. The molecule has 0 radical (unpaired) electrons. The molecular formula is C14H26N2O. The van der Waals surface area contributed by atoms with Crippen molar-refractivity contribution in [3.8, 4) is 0 Å². The Labute approximate surface area is 105 Å². The third-order valence-electron chi connectivity index (χ3n) is 4.19. The standard InChI is InChI=1S/C14H26N2O/c1-4-7-11-14(17)16(12-9-10(12)6-3)13(15-11)8-5-2/h10-13,15H,4-9H2,1-3H3. The molecule has 1 aliphatic heterocycles. The van der Waals surface area contributed by atoms with Crippen LogP contribution in [0.4, 0.5) is 0 Å². The number of hydrogen-bond acceptors (Lipinski definition) is 2. The minimum atomic E-state index is 0.0923. The number of carbonyl (C=O) groups is 1. The minimum absolute atomic E-state index is 0.0923. The van der Waals surface area contributed by atoms with Gasteiger partial charge in [0.25, 0.3) is 0 Å². The number of nitrogens with zero attached hydrogens (tertiary/aromatic N) is 1. The van der Waals surface area contributed by atoms with Crippen molar-refractivity contribution in [1.82, 2.24) is 10.2 Å². The first-order valence-corrected chi connectivity index (χ1v) is 7.31. The van der Waals surface area contributed by atoms with Gasteiger partial charge in [-0.25, -0.2) is 0 Å². The Kier molecular flexibility index (Phi) is 4.08. The number of rotatable bonds is 6. The van der Waals surface area contributed by atoms with Gasteiger partial charge in [0, 0.05) is 6.04 Å². The number of hydrogen-bond donors (Lipinski definition) is 1. The van der Waals surface area contributed by atoms with Crippen LogP contribution in [-0.4, -0.2) is 29.1 Å². The summed E-state index contributed by atoms with van der Waals surface area (Å²) in [6, 6.07) is 0.632. The molecule has 1 saturated heterocycles. The summed E-state index contributed by atoms with van der Waals surface area (Å²) in [7, 11) is 0. The van der Waals surface area contributed by atoms with E-state index in [1.54, 1.807) is 0 Å². The minimum Gasteiger partial charge on any atom is -0.323 e. The van der Waals surface area contributed by atoms with Crippen LogP contribution < -0.4 is 5.32 Å². The first-order chi connectivity index (χ1) is 8.22. The van der Waals surface area contributed by atoms with Gasteiger partial charge in [-0.1, -0.05) is 40.0 Å². The molecule has 0 spiro atoms. The normalized spacial score (nSPS) is 36.6. The maximum Gasteiger partial charge on any atom is 0.241 e. The molecule has 4 atom stereocenters. The molecule has 0 aromatic rings. The van der Waals surface area contributed by atoms with E-state index < -0.39 is 0 Å². The molecule has 1 amide bonds.